The van der Waals surface area contributed by atoms with Gasteiger partial charge in [-0.3, -0.25) is 14.9 Å². The third-order valence-corrected chi connectivity index (χ3v) is 7.93. The second kappa shape index (κ2) is 8.55. The van der Waals surface area contributed by atoms with Crippen molar-refractivity contribution in [1.82, 2.24) is 5.32 Å². The average Bonchev–Trinajstić information content (AvgIpc) is 2.55. The van der Waals surface area contributed by atoms with Gasteiger partial charge in [0.2, 0.25) is 0 Å². The lowest BCUT2D eigenvalue weighted by molar-refractivity contribution is -0.157. The molecule has 0 amide bonds. The Balaban J connectivity index is 1.60. The van der Waals surface area contributed by atoms with E-state index in [1.165, 1.54) is 38.5 Å². The van der Waals surface area contributed by atoms with E-state index in [0.29, 0.717) is 17.1 Å². The van der Waals surface area contributed by atoms with Crippen molar-refractivity contribution in [3.63, 3.8) is 0 Å². The summed E-state index contributed by atoms with van der Waals surface area (Å²) in [5.41, 5.74) is -0.541. The number of esters is 2. The molecule has 5 nitrogen and oxygen atoms in total. The standard InChI is InChI=1S/C22H37NO4S/c1-6-26-20(25)18(23-14(2)19(24)27-21(3,4)5)13-28-22-10-15-7-16(11-22)9-17(8-15)12-22/h14-18,23H,6-13H2,1-5H3/t14-,15?,16?,17?,18-,22?/m0/s1. The fourth-order valence-corrected chi connectivity index (χ4v) is 7.47. The number of nitrogens with one attached hydrogen (secondary N) is 1. The molecule has 0 aliphatic heterocycles. The Morgan fingerprint density at radius 3 is 2.07 bits per heavy atom. The molecule has 4 bridgehead atoms. The van der Waals surface area contributed by atoms with Gasteiger partial charge < -0.3 is 9.47 Å². The molecule has 160 valence electrons. The SMILES string of the molecule is CCOC(=O)[C@H](CSC12CC3CC(CC(C3)C1)C2)N[C@@H](C)C(=O)OC(C)(C)C. The van der Waals surface area contributed by atoms with E-state index < -0.39 is 17.7 Å². The Kier molecular flexibility index (Phi) is 6.70. The minimum Gasteiger partial charge on any atom is -0.465 e. The second-order valence-corrected chi connectivity index (χ2v) is 11.6. The van der Waals surface area contributed by atoms with Gasteiger partial charge in [0, 0.05) is 10.5 Å². The summed E-state index contributed by atoms with van der Waals surface area (Å²) in [6.07, 6.45) is 8.11. The second-order valence-electron chi connectivity index (χ2n) is 10.1. The highest BCUT2D eigenvalue weighted by Gasteiger charge is 2.51. The number of rotatable bonds is 8. The normalized spacial score (nSPS) is 33.4. The van der Waals surface area contributed by atoms with Gasteiger partial charge in [-0.15, -0.1) is 0 Å². The summed E-state index contributed by atoms with van der Waals surface area (Å²) in [4.78, 5) is 24.9. The van der Waals surface area contributed by atoms with Crippen LogP contribution in [0.5, 0.6) is 0 Å². The van der Waals surface area contributed by atoms with Crippen LogP contribution in [0.1, 0.15) is 73.1 Å². The van der Waals surface area contributed by atoms with E-state index in [9.17, 15) is 9.59 Å². The largest absolute Gasteiger partial charge is 0.465 e. The molecule has 0 aromatic carbocycles. The third-order valence-electron chi connectivity index (χ3n) is 6.32. The summed E-state index contributed by atoms with van der Waals surface area (Å²) in [5.74, 6) is 2.70. The highest BCUT2D eigenvalue weighted by atomic mass is 32.2. The van der Waals surface area contributed by atoms with Gasteiger partial charge in [0.1, 0.15) is 17.7 Å². The summed E-state index contributed by atoms with van der Waals surface area (Å²) in [6, 6.07) is -1.04. The Bertz CT molecular complexity index is 550. The minimum atomic E-state index is -0.550. The fraction of sp³-hybridized carbons (Fsp3) is 0.909. The van der Waals surface area contributed by atoms with E-state index in [4.69, 9.17) is 9.47 Å². The van der Waals surface area contributed by atoms with Gasteiger partial charge in [0.05, 0.1) is 6.61 Å². The molecule has 2 atom stereocenters. The topological polar surface area (TPSA) is 64.6 Å². The van der Waals surface area contributed by atoms with Gasteiger partial charge in [-0.05, 0) is 90.9 Å². The van der Waals surface area contributed by atoms with Crippen LogP contribution >= 0.6 is 11.8 Å². The Labute approximate surface area is 174 Å². The molecule has 0 heterocycles. The molecule has 0 saturated heterocycles. The zero-order chi connectivity index (χ0) is 20.5. The van der Waals surface area contributed by atoms with Gasteiger partial charge in [0.25, 0.3) is 0 Å². The summed E-state index contributed by atoms with van der Waals surface area (Å²) in [5, 5.41) is 3.19. The Hall–Kier alpha value is -0.750. The van der Waals surface area contributed by atoms with Crippen molar-refractivity contribution in [2.45, 2.75) is 95.6 Å². The quantitative estimate of drug-likeness (QED) is 0.610. The summed E-state index contributed by atoms with van der Waals surface area (Å²) in [6.45, 7) is 9.48. The molecular formula is C22H37NO4S. The first-order valence-electron chi connectivity index (χ1n) is 10.9. The smallest absolute Gasteiger partial charge is 0.324 e. The van der Waals surface area contributed by atoms with Crippen LogP contribution in [0, 0.1) is 17.8 Å². The number of ether oxygens (including phenoxy) is 2. The number of carbonyl (C=O) groups is 2. The van der Waals surface area contributed by atoms with Crippen molar-refractivity contribution >= 4 is 23.7 Å². The molecule has 4 aliphatic carbocycles. The van der Waals surface area contributed by atoms with Crippen LogP contribution in [-0.4, -0.2) is 46.7 Å². The molecule has 1 N–H and O–H groups in total. The van der Waals surface area contributed by atoms with Crippen LogP contribution in [0.15, 0.2) is 0 Å². The minimum absolute atomic E-state index is 0.268. The zero-order valence-electron chi connectivity index (χ0n) is 18.1. The molecular weight excluding hydrogens is 374 g/mol. The number of hydrogen-bond donors (Lipinski definition) is 1. The van der Waals surface area contributed by atoms with Gasteiger partial charge in [-0.1, -0.05) is 0 Å². The Morgan fingerprint density at radius 2 is 1.61 bits per heavy atom. The molecule has 28 heavy (non-hydrogen) atoms. The van der Waals surface area contributed by atoms with Crippen molar-refractivity contribution < 1.29 is 19.1 Å². The average molecular weight is 412 g/mol. The van der Waals surface area contributed by atoms with Crippen LogP contribution < -0.4 is 5.32 Å². The van der Waals surface area contributed by atoms with Crippen molar-refractivity contribution in [2.24, 2.45) is 17.8 Å². The molecule has 4 rings (SSSR count). The molecule has 0 radical (unpaired) electrons. The number of carbonyl (C=O) groups excluding carboxylic acids is 2. The fourth-order valence-electron chi connectivity index (χ4n) is 5.66. The van der Waals surface area contributed by atoms with Crippen LogP contribution in [-0.2, 0) is 19.1 Å². The Morgan fingerprint density at radius 1 is 1.07 bits per heavy atom. The van der Waals surface area contributed by atoms with E-state index >= 15 is 0 Å². The maximum absolute atomic E-state index is 12.6. The van der Waals surface area contributed by atoms with Crippen LogP contribution in [0.25, 0.3) is 0 Å². The molecule has 4 saturated carbocycles. The predicted molar refractivity (Wildman–Crippen MR) is 112 cm³/mol. The molecule has 0 spiro atoms. The van der Waals surface area contributed by atoms with Crippen molar-refractivity contribution in [1.29, 1.82) is 0 Å². The van der Waals surface area contributed by atoms with Gasteiger partial charge in [0.15, 0.2) is 0 Å². The van der Waals surface area contributed by atoms with Gasteiger partial charge in [-0.2, -0.15) is 11.8 Å². The molecule has 4 fully saturated rings. The molecule has 6 heteroatoms. The van der Waals surface area contributed by atoms with Crippen LogP contribution in [0.4, 0.5) is 0 Å². The maximum Gasteiger partial charge on any atom is 0.324 e. The van der Waals surface area contributed by atoms with E-state index in [0.717, 1.165) is 17.8 Å². The van der Waals surface area contributed by atoms with E-state index in [-0.39, 0.29) is 11.9 Å². The van der Waals surface area contributed by atoms with Crippen LogP contribution in [0.3, 0.4) is 0 Å². The van der Waals surface area contributed by atoms with Crippen LogP contribution in [0.2, 0.25) is 0 Å². The molecule has 0 aromatic heterocycles. The highest BCUT2D eigenvalue weighted by molar-refractivity contribution is 8.00. The lowest BCUT2D eigenvalue weighted by Gasteiger charge is -2.56. The number of thioether (sulfide) groups is 1. The lowest BCUT2D eigenvalue weighted by Crippen LogP contribution is -2.52. The van der Waals surface area contributed by atoms with Gasteiger partial charge in [-0.25, -0.2) is 0 Å². The maximum atomic E-state index is 12.6. The van der Waals surface area contributed by atoms with Crippen molar-refractivity contribution in [2.75, 3.05) is 12.4 Å². The summed E-state index contributed by atoms with van der Waals surface area (Å²) < 4.78 is 11.1. The first-order chi connectivity index (χ1) is 13.1. The number of hydrogen-bond acceptors (Lipinski definition) is 6. The predicted octanol–water partition coefficient (Wildman–Crippen LogP) is 3.94. The van der Waals surface area contributed by atoms with Gasteiger partial charge >= 0.3 is 11.9 Å². The monoisotopic (exact) mass is 411 g/mol. The molecule has 0 aromatic rings. The molecule has 4 aliphatic rings. The summed E-state index contributed by atoms with van der Waals surface area (Å²) >= 11 is 1.95. The first kappa shape index (κ1) is 21.9. The van der Waals surface area contributed by atoms with E-state index in [2.05, 4.69) is 5.32 Å². The van der Waals surface area contributed by atoms with E-state index in [1.54, 1.807) is 6.92 Å². The first-order valence-corrected chi connectivity index (χ1v) is 11.9. The van der Waals surface area contributed by atoms with E-state index in [1.807, 2.05) is 39.5 Å². The van der Waals surface area contributed by atoms with Crippen molar-refractivity contribution in [3.05, 3.63) is 0 Å². The lowest BCUT2D eigenvalue weighted by atomic mass is 9.56. The third kappa shape index (κ3) is 5.44. The zero-order valence-corrected chi connectivity index (χ0v) is 18.9. The summed E-state index contributed by atoms with van der Waals surface area (Å²) in [7, 11) is 0. The molecule has 0 unspecified atom stereocenters. The highest BCUT2D eigenvalue weighted by Crippen LogP contribution is 2.60. The van der Waals surface area contributed by atoms with Crippen molar-refractivity contribution in [3.8, 4) is 0 Å².